The summed E-state index contributed by atoms with van der Waals surface area (Å²) in [5.74, 6) is -0.167. The van der Waals surface area contributed by atoms with Crippen LogP contribution in [-0.2, 0) is 4.79 Å². The first kappa shape index (κ1) is 41.2. The second-order valence-corrected chi connectivity index (χ2v) is 8.28. The molecule has 0 unspecified atom stereocenters. The number of aromatic nitrogens is 8. The van der Waals surface area contributed by atoms with Crippen molar-refractivity contribution in [3.8, 4) is 0 Å². The van der Waals surface area contributed by atoms with E-state index in [1.54, 1.807) is 49.3 Å². The third kappa shape index (κ3) is 12.5. The Labute approximate surface area is 269 Å². The summed E-state index contributed by atoms with van der Waals surface area (Å²) in [6.07, 6.45) is 10.1. The number of fused-ring (bicyclic) bond motifs is 2. The van der Waals surface area contributed by atoms with Crippen LogP contribution in [0.4, 0.5) is 11.4 Å². The average molecular weight is 595 g/mol. The molecule has 0 aliphatic carbocycles. The number of carbonyl (C=O) groups excluding carboxylic acids is 2. The Balaban J connectivity index is 0. The number of nitrogen functional groups attached to an aromatic ring is 1. The minimum Gasteiger partial charge on any atom is -0.870 e. The van der Waals surface area contributed by atoms with E-state index in [0.29, 0.717) is 0 Å². The number of aryl methyl sites for hydroxylation is 2. The number of anilines is 2. The first-order valence-corrected chi connectivity index (χ1v) is 12.2. The maximum Gasteiger partial charge on any atom is 1.00 e. The SMILES string of the molecule is C.C.CC(=O)Nc1cccnc1C.CC(=O)n1ncc2ncccc21.Cc1ncccc1N.[Li+].[OH-].c1cnc2cn[nH]c2c1. The van der Waals surface area contributed by atoms with Gasteiger partial charge in [-0.3, -0.25) is 34.6 Å². The van der Waals surface area contributed by atoms with Gasteiger partial charge in [0.15, 0.2) is 0 Å². The van der Waals surface area contributed by atoms with Crippen molar-refractivity contribution in [3.05, 3.63) is 97.1 Å². The second kappa shape index (κ2) is 20.8. The summed E-state index contributed by atoms with van der Waals surface area (Å²) in [6.45, 7) is 6.69. The van der Waals surface area contributed by atoms with Crippen LogP contribution in [0.25, 0.3) is 22.1 Å². The van der Waals surface area contributed by atoms with Crippen LogP contribution >= 0.6 is 0 Å². The Morgan fingerprint density at radius 1 is 0.795 bits per heavy atom. The topological polar surface area (TPSA) is 200 Å². The molecular formula is C30H39LiN10O3. The van der Waals surface area contributed by atoms with Gasteiger partial charge in [-0.2, -0.15) is 14.9 Å². The number of amides is 1. The van der Waals surface area contributed by atoms with Gasteiger partial charge in [0.05, 0.1) is 46.2 Å². The van der Waals surface area contributed by atoms with E-state index in [1.807, 2.05) is 50.2 Å². The minimum absolute atomic E-state index is 0. The van der Waals surface area contributed by atoms with E-state index in [0.717, 1.165) is 44.8 Å². The molecule has 13 nitrogen and oxygen atoms in total. The van der Waals surface area contributed by atoms with Gasteiger partial charge in [-0.25, -0.2) is 0 Å². The first-order chi connectivity index (χ1) is 19.3. The predicted molar refractivity (Wildman–Crippen MR) is 170 cm³/mol. The van der Waals surface area contributed by atoms with Crippen molar-refractivity contribution in [2.75, 3.05) is 11.1 Å². The Morgan fingerprint density at radius 3 is 1.91 bits per heavy atom. The zero-order valence-corrected chi connectivity index (χ0v) is 24.1. The van der Waals surface area contributed by atoms with E-state index in [4.69, 9.17) is 5.73 Å². The Hall–Kier alpha value is -4.96. The molecule has 6 heterocycles. The molecule has 0 aliphatic rings. The van der Waals surface area contributed by atoms with Crippen molar-refractivity contribution in [3.63, 3.8) is 0 Å². The number of hydrogen-bond donors (Lipinski definition) is 3. The number of carbonyl (C=O) groups is 2. The zero-order chi connectivity index (χ0) is 28.9. The molecule has 0 saturated heterocycles. The van der Waals surface area contributed by atoms with E-state index < -0.39 is 0 Å². The van der Waals surface area contributed by atoms with Crippen LogP contribution in [0.3, 0.4) is 0 Å². The Morgan fingerprint density at radius 2 is 1.36 bits per heavy atom. The third-order valence-electron chi connectivity index (χ3n) is 5.21. The summed E-state index contributed by atoms with van der Waals surface area (Å²) >= 11 is 0. The molecule has 6 aromatic heterocycles. The summed E-state index contributed by atoms with van der Waals surface area (Å²) < 4.78 is 1.34. The summed E-state index contributed by atoms with van der Waals surface area (Å²) in [6, 6.07) is 14.7. The molecule has 14 heteroatoms. The summed E-state index contributed by atoms with van der Waals surface area (Å²) in [4.78, 5) is 37.7. The van der Waals surface area contributed by atoms with E-state index in [2.05, 4.69) is 40.5 Å². The molecule has 0 aliphatic heterocycles. The Kier molecular flexibility index (Phi) is 19.5. The van der Waals surface area contributed by atoms with Crippen molar-refractivity contribution in [1.82, 2.24) is 39.9 Å². The summed E-state index contributed by atoms with van der Waals surface area (Å²) in [5, 5.41) is 13.2. The van der Waals surface area contributed by atoms with Crippen molar-refractivity contribution in [2.24, 2.45) is 0 Å². The van der Waals surface area contributed by atoms with Gasteiger partial charge >= 0.3 is 18.9 Å². The third-order valence-corrected chi connectivity index (χ3v) is 5.21. The van der Waals surface area contributed by atoms with Gasteiger partial charge in [-0.1, -0.05) is 14.9 Å². The monoisotopic (exact) mass is 594 g/mol. The van der Waals surface area contributed by atoms with E-state index in [9.17, 15) is 9.59 Å². The van der Waals surface area contributed by atoms with E-state index in [1.165, 1.54) is 18.5 Å². The quantitative estimate of drug-likeness (QED) is 0.237. The molecule has 0 aromatic carbocycles. The number of nitrogens with one attached hydrogen (secondary N) is 2. The predicted octanol–water partition coefficient (Wildman–Crippen LogP) is 2.47. The van der Waals surface area contributed by atoms with Crippen LogP contribution in [0.2, 0.25) is 0 Å². The minimum atomic E-state index is -0.0991. The fourth-order valence-corrected chi connectivity index (χ4v) is 3.19. The average Bonchev–Trinajstić information content (AvgIpc) is 3.60. The van der Waals surface area contributed by atoms with Gasteiger partial charge < -0.3 is 16.5 Å². The molecule has 1 amide bonds. The molecule has 6 aromatic rings. The summed E-state index contributed by atoms with van der Waals surface area (Å²) in [5.41, 5.74) is 12.1. The Bertz CT molecular complexity index is 1650. The number of H-pyrrole nitrogens is 1. The molecular weight excluding hydrogens is 555 g/mol. The molecule has 0 saturated carbocycles. The first-order valence-electron chi connectivity index (χ1n) is 12.2. The van der Waals surface area contributed by atoms with Crippen LogP contribution in [0.1, 0.15) is 44.9 Å². The van der Waals surface area contributed by atoms with Crippen LogP contribution < -0.4 is 29.9 Å². The number of rotatable bonds is 1. The maximum absolute atomic E-state index is 11.0. The molecule has 0 bridgehead atoms. The molecule has 44 heavy (non-hydrogen) atoms. The van der Waals surface area contributed by atoms with Gasteiger partial charge in [0.2, 0.25) is 11.8 Å². The number of nitrogens with two attached hydrogens (primary N) is 1. The molecule has 0 spiro atoms. The van der Waals surface area contributed by atoms with Gasteiger partial charge in [0, 0.05) is 38.6 Å². The van der Waals surface area contributed by atoms with Gasteiger partial charge in [0.25, 0.3) is 0 Å². The smallest absolute Gasteiger partial charge is 0.870 e. The van der Waals surface area contributed by atoms with Gasteiger partial charge in [-0.05, 0) is 62.4 Å². The van der Waals surface area contributed by atoms with Crippen LogP contribution in [0.15, 0.2) is 85.7 Å². The number of hydrogen-bond acceptors (Lipinski definition) is 10. The molecule has 0 fully saturated rings. The fraction of sp³-hybridized carbons (Fsp3) is 0.200. The fourth-order valence-electron chi connectivity index (χ4n) is 3.19. The zero-order valence-electron chi connectivity index (χ0n) is 24.1. The van der Waals surface area contributed by atoms with Gasteiger partial charge in [-0.15, -0.1) is 0 Å². The van der Waals surface area contributed by atoms with Crippen LogP contribution in [-0.4, -0.2) is 57.2 Å². The number of pyridine rings is 4. The molecule has 228 valence electrons. The number of nitrogens with zero attached hydrogens (tertiary/aromatic N) is 7. The number of aromatic amines is 1. The summed E-state index contributed by atoms with van der Waals surface area (Å²) in [7, 11) is 0. The maximum atomic E-state index is 11.0. The van der Waals surface area contributed by atoms with Crippen molar-refractivity contribution < 1.29 is 33.9 Å². The largest absolute Gasteiger partial charge is 1.00 e. The second-order valence-electron chi connectivity index (χ2n) is 8.28. The van der Waals surface area contributed by atoms with Gasteiger partial charge in [0.1, 0.15) is 11.0 Å². The molecule has 0 atom stereocenters. The van der Waals surface area contributed by atoms with Crippen LogP contribution in [0.5, 0.6) is 0 Å². The molecule has 5 N–H and O–H groups in total. The molecule has 6 rings (SSSR count). The van der Waals surface area contributed by atoms with Crippen molar-refractivity contribution in [1.29, 1.82) is 0 Å². The van der Waals surface area contributed by atoms with Crippen LogP contribution in [0, 0.1) is 13.8 Å². The standard InChI is InChI=1S/C8H7N3O.C8H10N2O.C6H5N3.C6H8N2.2CH4.Li.H2O/c1-6(12)11-8-3-2-4-9-7(8)5-10-11;1-6-8(10-7(2)11)4-3-5-9-6;1-2-5-6(7-3-1)4-8-9-5;1-5-6(7)3-2-4-8-5;;;;/h2-5H,1H3;3-5H,1-2H3,(H,10,11);1-4H,(H,8,9);2-4H,7H2,1H3;2*1H4;;1H2/q;;;;;;+1;/p-1. The van der Waals surface area contributed by atoms with Crippen molar-refractivity contribution in [2.45, 2.75) is 42.5 Å². The normalized spacial score (nSPS) is 8.91. The van der Waals surface area contributed by atoms with Crippen molar-refractivity contribution >= 4 is 45.3 Å². The van der Waals surface area contributed by atoms with E-state index >= 15 is 0 Å². The molecule has 0 radical (unpaired) electrons. The van der Waals surface area contributed by atoms with E-state index in [-0.39, 0.29) is 51.0 Å².